The van der Waals surface area contributed by atoms with Crippen molar-refractivity contribution in [3.05, 3.63) is 59.4 Å². The van der Waals surface area contributed by atoms with E-state index in [0.717, 1.165) is 29.1 Å². The van der Waals surface area contributed by atoms with E-state index in [0.29, 0.717) is 11.3 Å². The molecular weight excluding hydrogens is 316 g/mol. The van der Waals surface area contributed by atoms with Gasteiger partial charge in [0.25, 0.3) is 5.91 Å². The first-order valence-corrected chi connectivity index (χ1v) is 8.35. The summed E-state index contributed by atoms with van der Waals surface area (Å²) in [6.07, 6.45) is 3.03. The van der Waals surface area contributed by atoms with Gasteiger partial charge in [0.05, 0.1) is 17.9 Å². The number of aryl methyl sites for hydroxylation is 2. The van der Waals surface area contributed by atoms with Gasteiger partial charge in [0.2, 0.25) is 0 Å². The Hall–Kier alpha value is -2.89. The van der Waals surface area contributed by atoms with E-state index < -0.39 is 0 Å². The van der Waals surface area contributed by atoms with Gasteiger partial charge in [-0.05, 0) is 39.8 Å². The number of rotatable bonds is 5. The number of carbonyl (C=O) groups excluding carboxylic acids is 1. The van der Waals surface area contributed by atoms with Crippen molar-refractivity contribution in [2.75, 3.05) is 0 Å². The summed E-state index contributed by atoms with van der Waals surface area (Å²) < 4.78 is 7.22. The number of nitrogens with zero attached hydrogens (tertiary/aromatic N) is 3. The van der Waals surface area contributed by atoms with Gasteiger partial charge in [-0.3, -0.25) is 9.48 Å². The summed E-state index contributed by atoms with van der Waals surface area (Å²) in [7, 11) is 0. The Morgan fingerprint density at radius 1 is 1.28 bits per heavy atom. The fourth-order valence-corrected chi connectivity index (χ4v) is 3.14. The minimum atomic E-state index is -0.111. The van der Waals surface area contributed by atoms with Crippen LogP contribution in [0, 0.1) is 13.8 Å². The number of hydrogen-bond donors (Lipinski definition) is 1. The number of oxazole rings is 1. The van der Waals surface area contributed by atoms with Gasteiger partial charge in [0, 0.05) is 28.9 Å². The summed E-state index contributed by atoms with van der Waals surface area (Å²) in [5.41, 5.74) is 4.61. The van der Waals surface area contributed by atoms with Crippen molar-refractivity contribution in [1.82, 2.24) is 20.1 Å². The molecule has 3 rings (SSSR count). The quantitative estimate of drug-likeness (QED) is 0.770. The Morgan fingerprint density at radius 2 is 2.00 bits per heavy atom. The molecule has 25 heavy (non-hydrogen) atoms. The van der Waals surface area contributed by atoms with Gasteiger partial charge in [-0.2, -0.15) is 5.10 Å². The van der Waals surface area contributed by atoms with E-state index in [1.807, 2.05) is 37.6 Å². The molecule has 0 aliphatic carbocycles. The maximum absolute atomic E-state index is 12.6. The molecule has 0 spiro atoms. The van der Waals surface area contributed by atoms with Crippen molar-refractivity contribution < 1.29 is 9.21 Å². The predicted octanol–water partition coefficient (Wildman–Crippen LogP) is 3.67. The van der Waals surface area contributed by atoms with Gasteiger partial charge in [-0.1, -0.05) is 12.1 Å². The van der Waals surface area contributed by atoms with E-state index in [2.05, 4.69) is 22.3 Å². The summed E-state index contributed by atoms with van der Waals surface area (Å²) in [6.45, 7) is 8.87. The number of amides is 1. The highest BCUT2D eigenvalue weighted by Gasteiger charge is 2.19. The van der Waals surface area contributed by atoms with Gasteiger partial charge in [-0.15, -0.1) is 0 Å². The Morgan fingerprint density at radius 3 is 2.56 bits per heavy atom. The molecule has 1 atom stereocenters. The minimum absolute atomic E-state index is 0.109. The van der Waals surface area contributed by atoms with Crippen molar-refractivity contribution in [2.45, 2.75) is 40.3 Å². The highest BCUT2D eigenvalue weighted by Crippen LogP contribution is 2.23. The zero-order valence-corrected chi connectivity index (χ0v) is 14.9. The first-order valence-electron chi connectivity index (χ1n) is 8.35. The van der Waals surface area contributed by atoms with Crippen molar-refractivity contribution >= 4 is 5.91 Å². The Kier molecular flexibility index (Phi) is 4.70. The smallest absolute Gasteiger partial charge is 0.251 e. The highest BCUT2D eigenvalue weighted by atomic mass is 16.3. The monoisotopic (exact) mass is 338 g/mol. The molecule has 2 heterocycles. The van der Waals surface area contributed by atoms with Crippen LogP contribution in [0.15, 0.2) is 41.3 Å². The Balaban J connectivity index is 1.75. The lowest BCUT2D eigenvalue weighted by molar-refractivity contribution is 0.0940. The van der Waals surface area contributed by atoms with E-state index in [1.54, 1.807) is 18.3 Å². The van der Waals surface area contributed by atoms with Crippen molar-refractivity contribution in [3.63, 3.8) is 0 Å². The third-order valence-electron chi connectivity index (χ3n) is 4.38. The molecule has 0 bridgehead atoms. The molecular formula is C19H22N4O2. The van der Waals surface area contributed by atoms with Crippen LogP contribution in [0.5, 0.6) is 0 Å². The normalized spacial score (nSPS) is 12.2. The van der Waals surface area contributed by atoms with Gasteiger partial charge < -0.3 is 9.73 Å². The van der Waals surface area contributed by atoms with Crippen LogP contribution >= 0.6 is 0 Å². The van der Waals surface area contributed by atoms with E-state index in [-0.39, 0.29) is 11.9 Å². The van der Waals surface area contributed by atoms with Crippen LogP contribution in [-0.2, 0) is 6.54 Å². The standard InChI is InChI=1S/C19H22N4O2/c1-5-23-14(4)18(13(3)22-23)12(2)21-19(24)16-8-6-15(7-9-16)17-10-20-11-25-17/h6-12H,5H2,1-4H3,(H,21,24). The van der Waals surface area contributed by atoms with Gasteiger partial charge in [-0.25, -0.2) is 4.98 Å². The largest absolute Gasteiger partial charge is 0.444 e. The second-order valence-corrected chi connectivity index (χ2v) is 6.04. The molecule has 1 unspecified atom stereocenters. The molecule has 6 nitrogen and oxygen atoms in total. The molecule has 0 fully saturated rings. The summed E-state index contributed by atoms with van der Waals surface area (Å²) in [6, 6.07) is 7.17. The first-order chi connectivity index (χ1) is 12.0. The molecule has 3 aromatic rings. The van der Waals surface area contributed by atoms with Gasteiger partial charge in [0.15, 0.2) is 12.2 Å². The fourth-order valence-electron chi connectivity index (χ4n) is 3.14. The summed E-state index contributed by atoms with van der Waals surface area (Å²) in [5.74, 6) is 0.568. The molecule has 1 amide bonds. The van der Waals surface area contributed by atoms with Crippen LogP contribution in [0.2, 0.25) is 0 Å². The number of aromatic nitrogens is 3. The number of nitrogens with one attached hydrogen (secondary N) is 1. The second-order valence-electron chi connectivity index (χ2n) is 6.04. The highest BCUT2D eigenvalue weighted by molar-refractivity contribution is 5.94. The van der Waals surface area contributed by atoms with Crippen LogP contribution < -0.4 is 5.32 Å². The van der Waals surface area contributed by atoms with Crippen molar-refractivity contribution in [3.8, 4) is 11.3 Å². The molecule has 0 radical (unpaired) electrons. The predicted molar refractivity (Wildman–Crippen MR) is 95.2 cm³/mol. The third kappa shape index (κ3) is 3.33. The number of carbonyl (C=O) groups is 1. The Labute approximate surface area is 146 Å². The SMILES string of the molecule is CCn1nc(C)c(C(C)NC(=O)c2ccc(-c3cnco3)cc2)c1C. The molecule has 2 aromatic heterocycles. The van der Waals surface area contributed by atoms with Gasteiger partial charge >= 0.3 is 0 Å². The lowest BCUT2D eigenvalue weighted by Gasteiger charge is -2.15. The zero-order valence-electron chi connectivity index (χ0n) is 14.9. The van der Waals surface area contributed by atoms with Crippen LogP contribution in [0.3, 0.4) is 0 Å². The molecule has 130 valence electrons. The number of benzene rings is 1. The fraction of sp³-hybridized carbons (Fsp3) is 0.316. The van der Waals surface area contributed by atoms with E-state index in [9.17, 15) is 4.79 Å². The van der Waals surface area contributed by atoms with Crippen LogP contribution in [0.4, 0.5) is 0 Å². The molecule has 0 aliphatic rings. The first kappa shape index (κ1) is 17.0. The molecule has 1 N–H and O–H groups in total. The summed E-state index contributed by atoms with van der Waals surface area (Å²) >= 11 is 0. The maximum atomic E-state index is 12.6. The minimum Gasteiger partial charge on any atom is -0.444 e. The molecule has 0 saturated carbocycles. The van der Waals surface area contributed by atoms with E-state index in [1.165, 1.54) is 6.39 Å². The number of hydrogen-bond acceptors (Lipinski definition) is 4. The van der Waals surface area contributed by atoms with Crippen molar-refractivity contribution in [1.29, 1.82) is 0 Å². The van der Waals surface area contributed by atoms with Crippen molar-refractivity contribution in [2.24, 2.45) is 0 Å². The molecule has 6 heteroatoms. The van der Waals surface area contributed by atoms with Gasteiger partial charge in [0.1, 0.15) is 0 Å². The molecule has 0 saturated heterocycles. The van der Waals surface area contributed by atoms with E-state index in [4.69, 9.17) is 4.42 Å². The third-order valence-corrected chi connectivity index (χ3v) is 4.38. The van der Waals surface area contributed by atoms with Crippen LogP contribution in [0.25, 0.3) is 11.3 Å². The van der Waals surface area contributed by atoms with E-state index >= 15 is 0 Å². The topological polar surface area (TPSA) is 73.0 Å². The molecule has 0 aliphatic heterocycles. The second kappa shape index (κ2) is 6.93. The van der Waals surface area contributed by atoms with Crippen LogP contribution in [-0.4, -0.2) is 20.7 Å². The average molecular weight is 338 g/mol. The Bertz CT molecular complexity index is 864. The molecule has 1 aromatic carbocycles. The lowest BCUT2D eigenvalue weighted by Crippen LogP contribution is -2.27. The van der Waals surface area contributed by atoms with Crippen LogP contribution in [0.1, 0.15) is 47.2 Å². The maximum Gasteiger partial charge on any atom is 0.251 e. The zero-order chi connectivity index (χ0) is 18.0. The average Bonchev–Trinajstić information content (AvgIpc) is 3.23. The lowest BCUT2D eigenvalue weighted by atomic mass is 10.1. The summed E-state index contributed by atoms with van der Waals surface area (Å²) in [5, 5.41) is 7.58. The summed E-state index contributed by atoms with van der Waals surface area (Å²) in [4.78, 5) is 16.5.